The van der Waals surface area contributed by atoms with Crippen LogP contribution in [0.2, 0.25) is 5.02 Å². The Kier molecular flexibility index (Phi) is 3.92. The van der Waals surface area contributed by atoms with Crippen LogP contribution in [0.5, 0.6) is 0 Å². The summed E-state index contributed by atoms with van der Waals surface area (Å²) in [7, 11) is -2.09. The third kappa shape index (κ3) is 2.55. The zero-order valence-corrected chi connectivity index (χ0v) is 13.7. The van der Waals surface area contributed by atoms with Crippen LogP contribution in [0.4, 0.5) is 5.69 Å². The van der Waals surface area contributed by atoms with Crippen molar-refractivity contribution in [1.82, 2.24) is 9.78 Å². The van der Waals surface area contributed by atoms with Crippen molar-refractivity contribution in [2.75, 3.05) is 12.0 Å². The van der Waals surface area contributed by atoms with Crippen molar-refractivity contribution in [2.45, 2.75) is 11.8 Å². The number of H-pyrrole nitrogens is 1. The monoisotopic (exact) mass is 343 g/mol. The number of nitrogens with one attached hydrogen (secondary N) is 1. The molecular weight excluding hydrogens is 330 g/mol. The first kappa shape index (κ1) is 16.3. The van der Waals surface area contributed by atoms with E-state index in [0.29, 0.717) is 5.69 Å². The number of aromatic nitrogens is 2. The maximum atomic E-state index is 12.5. The first-order valence-corrected chi connectivity index (χ1v) is 8.41. The number of nitrogens with zero attached hydrogens (tertiary/aromatic N) is 1. The van der Waals surface area contributed by atoms with E-state index in [0.717, 1.165) is 6.26 Å². The SMILES string of the molecule is Cc1[nH]n(C)c(=O)c1C(=O)c1ccc(S(C)(=O)=O)c(N)c1Cl. The summed E-state index contributed by atoms with van der Waals surface area (Å²) >= 11 is 6.03. The van der Waals surface area contributed by atoms with Crippen molar-refractivity contribution in [3.63, 3.8) is 0 Å². The maximum Gasteiger partial charge on any atom is 0.277 e. The standard InChI is InChI=1S/C13H14ClN3O4S/c1-6-9(13(19)17(2)16-6)12(18)7-4-5-8(22(3,20)21)11(15)10(7)14/h4-5,16H,15H2,1-3H3. The molecule has 0 aliphatic rings. The number of sulfone groups is 1. The van der Waals surface area contributed by atoms with E-state index < -0.39 is 21.2 Å². The number of carbonyl (C=O) groups excluding carboxylic acids is 1. The van der Waals surface area contributed by atoms with Gasteiger partial charge in [-0.05, 0) is 19.1 Å². The minimum absolute atomic E-state index is 0.0219. The lowest BCUT2D eigenvalue weighted by atomic mass is 10.0. The molecule has 0 spiro atoms. The number of anilines is 1. The number of benzene rings is 1. The third-order valence-electron chi connectivity index (χ3n) is 3.24. The second-order valence-electron chi connectivity index (χ2n) is 4.92. The summed E-state index contributed by atoms with van der Waals surface area (Å²) < 4.78 is 24.3. The Bertz CT molecular complexity index is 941. The van der Waals surface area contributed by atoms with E-state index in [1.54, 1.807) is 6.92 Å². The predicted octanol–water partition coefficient (Wildman–Crippen LogP) is 0.892. The van der Waals surface area contributed by atoms with Gasteiger partial charge in [0.2, 0.25) is 5.78 Å². The maximum absolute atomic E-state index is 12.5. The number of nitrogens with two attached hydrogens (primary N) is 1. The highest BCUT2D eigenvalue weighted by atomic mass is 35.5. The molecule has 1 aromatic carbocycles. The van der Waals surface area contributed by atoms with Crippen molar-refractivity contribution < 1.29 is 13.2 Å². The summed E-state index contributed by atoms with van der Waals surface area (Å²) in [5.74, 6) is -0.615. The van der Waals surface area contributed by atoms with Crippen LogP contribution in [0.3, 0.4) is 0 Å². The summed E-state index contributed by atoms with van der Waals surface area (Å²) in [4.78, 5) is 24.3. The van der Waals surface area contributed by atoms with Gasteiger partial charge in [-0.1, -0.05) is 11.6 Å². The first-order chi connectivity index (χ1) is 10.1. The predicted molar refractivity (Wildman–Crippen MR) is 83.2 cm³/mol. The van der Waals surface area contributed by atoms with Crippen LogP contribution in [-0.2, 0) is 16.9 Å². The van der Waals surface area contributed by atoms with Gasteiger partial charge in [-0.2, -0.15) is 0 Å². The molecule has 9 heteroatoms. The Labute approximate surface area is 131 Å². The summed E-state index contributed by atoms with van der Waals surface area (Å²) in [6.45, 7) is 1.58. The highest BCUT2D eigenvalue weighted by Gasteiger charge is 2.24. The number of carbonyl (C=O) groups is 1. The molecule has 0 aliphatic carbocycles. The van der Waals surface area contributed by atoms with E-state index in [1.165, 1.54) is 23.9 Å². The van der Waals surface area contributed by atoms with Gasteiger partial charge in [-0.3, -0.25) is 19.4 Å². The zero-order valence-electron chi connectivity index (χ0n) is 12.1. The fourth-order valence-electron chi connectivity index (χ4n) is 2.16. The number of hydrogen-bond acceptors (Lipinski definition) is 5. The fourth-order valence-corrected chi connectivity index (χ4v) is 3.29. The van der Waals surface area contributed by atoms with Gasteiger partial charge < -0.3 is 5.73 Å². The highest BCUT2D eigenvalue weighted by molar-refractivity contribution is 7.90. The quantitative estimate of drug-likeness (QED) is 0.634. The number of hydrogen-bond donors (Lipinski definition) is 2. The molecule has 0 unspecified atom stereocenters. The van der Waals surface area contributed by atoms with Crippen LogP contribution in [0, 0.1) is 6.92 Å². The third-order valence-corrected chi connectivity index (χ3v) is 4.80. The van der Waals surface area contributed by atoms with Crippen molar-refractivity contribution in [1.29, 1.82) is 0 Å². The molecule has 0 aliphatic heterocycles. The molecule has 2 aromatic rings. The van der Waals surface area contributed by atoms with Crippen molar-refractivity contribution in [3.8, 4) is 0 Å². The zero-order chi connectivity index (χ0) is 16.8. The summed E-state index contributed by atoms with van der Waals surface area (Å²) in [6.07, 6.45) is 0.989. The van der Waals surface area contributed by atoms with Crippen molar-refractivity contribution in [3.05, 3.63) is 44.3 Å². The molecule has 3 N–H and O–H groups in total. The fraction of sp³-hybridized carbons (Fsp3) is 0.231. The smallest absolute Gasteiger partial charge is 0.277 e. The summed E-state index contributed by atoms with van der Waals surface area (Å²) in [5, 5.41) is 2.52. The molecule has 0 fully saturated rings. The molecule has 0 bridgehead atoms. The second-order valence-corrected chi connectivity index (χ2v) is 7.28. The van der Waals surface area contributed by atoms with Crippen LogP contribution in [0.15, 0.2) is 21.8 Å². The molecule has 0 saturated carbocycles. The van der Waals surface area contributed by atoms with Crippen LogP contribution in [-0.4, -0.2) is 30.2 Å². The average Bonchev–Trinajstić information content (AvgIpc) is 2.64. The number of nitrogen functional groups attached to an aromatic ring is 1. The minimum atomic E-state index is -3.57. The van der Waals surface area contributed by atoms with E-state index >= 15 is 0 Å². The molecule has 118 valence electrons. The van der Waals surface area contributed by atoms with Gasteiger partial charge in [0.25, 0.3) is 5.56 Å². The van der Waals surface area contributed by atoms with E-state index in [2.05, 4.69) is 5.10 Å². The molecule has 0 amide bonds. The Morgan fingerprint density at radius 2 is 1.95 bits per heavy atom. The van der Waals surface area contributed by atoms with E-state index in [9.17, 15) is 18.0 Å². The van der Waals surface area contributed by atoms with Crippen molar-refractivity contribution >= 4 is 32.9 Å². The van der Waals surface area contributed by atoms with E-state index in [4.69, 9.17) is 17.3 Å². The Morgan fingerprint density at radius 1 is 1.36 bits per heavy atom. The summed E-state index contributed by atoms with van der Waals surface area (Å²) in [6, 6.07) is 2.46. The molecule has 0 atom stereocenters. The molecule has 0 saturated heterocycles. The molecule has 1 heterocycles. The molecule has 0 radical (unpaired) electrons. The topological polar surface area (TPSA) is 115 Å². The number of aryl methyl sites for hydroxylation is 2. The van der Waals surface area contributed by atoms with Crippen LogP contribution in [0.25, 0.3) is 0 Å². The Hall–Kier alpha value is -2.06. The van der Waals surface area contributed by atoms with Crippen LogP contribution < -0.4 is 11.3 Å². The Balaban J connectivity index is 2.67. The molecule has 1 aromatic heterocycles. The highest BCUT2D eigenvalue weighted by Crippen LogP contribution is 2.31. The van der Waals surface area contributed by atoms with Gasteiger partial charge in [0, 0.05) is 24.6 Å². The molecular formula is C13H14ClN3O4S. The van der Waals surface area contributed by atoms with Gasteiger partial charge in [0.15, 0.2) is 9.84 Å². The van der Waals surface area contributed by atoms with E-state index in [1.807, 2.05) is 0 Å². The van der Waals surface area contributed by atoms with Crippen LogP contribution >= 0.6 is 11.6 Å². The molecule has 2 rings (SSSR count). The number of aromatic amines is 1. The largest absolute Gasteiger partial charge is 0.396 e. The van der Waals surface area contributed by atoms with Crippen LogP contribution in [0.1, 0.15) is 21.6 Å². The lowest BCUT2D eigenvalue weighted by molar-refractivity contribution is 0.103. The molecule has 22 heavy (non-hydrogen) atoms. The minimum Gasteiger partial charge on any atom is -0.396 e. The van der Waals surface area contributed by atoms with Gasteiger partial charge in [0.05, 0.1) is 15.6 Å². The number of ketones is 1. The average molecular weight is 344 g/mol. The number of rotatable bonds is 3. The lowest BCUT2D eigenvalue weighted by Gasteiger charge is -2.09. The first-order valence-electron chi connectivity index (χ1n) is 6.14. The van der Waals surface area contributed by atoms with Gasteiger partial charge >= 0.3 is 0 Å². The lowest BCUT2D eigenvalue weighted by Crippen LogP contribution is -2.20. The number of halogens is 1. The summed E-state index contributed by atoms with van der Waals surface area (Å²) in [5.41, 5.74) is 5.31. The second kappa shape index (κ2) is 5.29. The van der Waals surface area contributed by atoms with Crippen molar-refractivity contribution in [2.24, 2.45) is 7.05 Å². The van der Waals surface area contributed by atoms with Gasteiger partial charge in [-0.15, -0.1) is 0 Å². The molecule has 7 nitrogen and oxygen atoms in total. The van der Waals surface area contributed by atoms with Gasteiger partial charge in [0.1, 0.15) is 5.56 Å². The van der Waals surface area contributed by atoms with Gasteiger partial charge in [-0.25, -0.2) is 8.42 Å². The normalized spacial score (nSPS) is 11.6. The Morgan fingerprint density at radius 3 is 2.41 bits per heavy atom. The van der Waals surface area contributed by atoms with E-state index in [-0.39, 0.29) is 26.7 Å².